The van der Waals surface area contributed by atoms with Gasteiger partial charge in [0.25, 0.3) is 10.0 Å². The van der Waals surface area contributed by atoms with E-state index in [4.69, 9.17) is 21.3 Å². The molecule has 0 amide bonds. The van der Waals surface area contributed by atoms with Crippen molar-refractivity contribution in [3.05, 3.63) is 95.4 Å². The van der Waals surface area contributed by atoms with Gasteiger partial charge in [-0.05, 0) is 54.8 Å². The summed E-state index contributed by atoms with van der Waals surface area (Å²) in [4.78, 5) is 20.4. The first kappa shape index (κ1) is 30.3. The number of nitrogens with zero attached hydrogens (tertiary/aromatic N) is 7. The topological polar surface area (TPSA) is 128 Å². The van der Waals surface area contributed by atoms with Crippen LogP contribution in [0.4, 0.5) is 10.2 Å². The molecule has 5 heterocycles. The number of rotatable bonds is 8. The number of hydrogen-bond acceptors (Lipinski definition) is 10. The highest BCUT2D eigenvalue weighted by Crippen LogP contribution is 2.39. The Morgan fingerprint density at radius 3 is 2.45 bits per heavy atom. The maximum absolute atomic E-state index is 16.7. The lowest BCUT2D eigenvalue weighted by molar-refractivity contribution is 0.281. The van der Waals surface area contributed by atoms with Crippen LogP contribution in [0.5, 0.6) is 6.01 Å². The summed E-state index contributed by atoms with van der Waals surface area (Å²) < 4.78 is 50.0. The standard InChI is InChI=1S/C35H30ClFN8O3S/c36-28-6-2-4-21-3-1-5-26(29(21)28)31-30(37)32-27(15-38-31)34(44-16-23-11-12-24(17-44)40-23)42-35(41-32)48-18-20-7-13-25(14-8-20)49(46,47)45-19-39-33(43-45)22-9-10-22/h1-8,13-15,19,22-24,40H,9-12,16-18H2/t23-,24+. The molecule has 2 atom stereocenters. The third kappa shape index (κ3) is 5.45. The van der Waals surface area contributed by atoms with Crippen molar-refractivity contribution in [2.24, 2.45) is 0 Å². The predicted molar refractivity (Wildman–Crippen MR) is 183 cm³/mol. The molecule has 0 spiro atoms. The first-order chi connectivity index (χ1) is 23.8. The van der Waals surface area contributed by atoms with Crippen molar-refractivity contribution < 1.29 is 17.5 Å². The molecule has 0 radical (unpaired) electrons. The summed E-state index contributed by atoms with van der Waals surface area (Å²) >= 11 is 6.60. The van der Waals surface area contributed by atoms with Gasteiger partial charge in [-0.2, -0.15) is 18.4 Å². The van der Waals surface area contributed by atoms with Crippen molar-refractivity contribution in [3.63, 3.8) is 0 Å². The van der Waals surface area contributed by atoms with E-state index in [1.165, 1.54) is 18.5 Å². The van der Waals surface area contributed by atoms with E-state index in [0.29, 0.717) is 63.7 Å². The Morgan fingerprint density at radius 1 is 0.939 bits per heavy atom. The third-order valence-electron chi connectivity index (χ3n) is 9.54. The lowest BCUT2D eigenvalue weighted by Crippen LogP contribution is -2.51. The van der Waals surface area contributed by atoms with Crippen LogP contribution in [0.3, 0.4) is 0 Å². The number of anilines is 1. The monoisotopic (exact) mass is 696 g/mol. The van der Waals surface area contributed by atoms with Gasteiger partial charge in [0.2, 0.25) is 0 Å². The highest BCUT2D eigenvalue weighted by molar-refractivity contribution is 7.89. The van der Waals surface area contributed by atoms with Gasteiger partial charge >= 0.3 is 6.01 Å². The molecule has 3 aliphatic rings. The first-order valence-corrected chi connectivity index (χ1v) is 18.1. The summed E-state index contributed by atoms with van der Waals surface area (Å²) in [5.74, 6) is 0.761. The van der Waals surface area contributed by atoms with E-state index < -0.39 is 15.8 Å². The molecule has 3 fully saturated rings. The molecule has 248 valence electrons. The molecular formula is C35H30ClFN8O3S. The van der Waals surface area contributed by atoms with Gasteiger partial charge in [0.1, 0.15) is 30.0 Å². The smallest absolute Gasteiger partial charge is 0.319 e. The zero-order chi connectivity index (χ0) is 33.3. The van der Waals surface area contributed by atoms with Crippen molar-refractivity contribution in [2.45, 2.75) is 55.2 Å². The van der Waals surface area contributed by atoms with Gasteiger partial charge in [0, 0.05) is 53.3 Å². The number of pyridine rings is 1. The molecule has 3 aromatic heterocycles. The molecular weight excluding hydrogens is 667 g/mol. The van der Waals surface area contributed by atoms with Gasteiger partial charge in [0.05, 0.1) is 10.3 Å². The Bertz CT molecular complexity index is 2350. The molecule has 2 aliphatic heterocycles. The van der Waals surface area contributed by atoms with Crippen LogP contribution in [-0.4, -0.2) is 62.7 Å². The Kier molecular flexibility index (Phi) is 7.25. The molecule has 2 bridgehead atoms. The zero-order valence-electron chi connectivity index (χ0n) is 26.1. The highest BCUT2D eigenvalue weighted by atomic mass is 35.5. The Balaban J connectivity index is 1.06. The second-order valence-electron chi connectivity index (χ2n) is 12.9. The minimum absolute atomic E-state index is 0.00676. The van der Waals surface area contributed by atoms with Gasteiger partial charge in [-0.25, -0.2) is 9.37 Å². The van der Waals surface area contributed by atoms with E-state index in [2.05, 4.69) is 30.3 Å². The first-order valence-electron chi connectivity index (χ1n) is 16.3. The molecule has 14 heteroatoms. The number of ether oxygens (including phenoxy) is 1. The molecule has 1 N–H and O–H groups in total. The fourth-order valence-corrected chi connectivity index (χ4v) is 8.24. The predicted octanol–water partition coefficient (Wildman–Crippen LogP) is 5.86. The fourth-order valence-electron chi connectivity index (χ4n) is 6.90. The van der Waals surface area contributed by atoms with Crippen molar-refractivity contribution in [1.29, 1.82) is 0 Å². The normalized spacial score (nSPS) is 19.2. The minimum atomic E-state index is -3.89. The average molecular weight is 697 g/mol. The molecule has 6 aromatic rings. The van der Waals surface area contributed by atoms with Crippen LogP contribution < -0.4 is 15.0 Å². The number of benzene rings is 3. The number of fused-ring (bicyclic) bond motifs is 4. The maximum Gasteiger partial charge on any atom is 0.319 e. The molecule has 9 rings (SSSR count). The van der Waals surface area contributed by atoms with E-state index in [1.807, 2.05) is 24.3 Å². The van der Waals surface area contributed by atoms with Gasteiger partial charge in [-0.15, -0.1) is 9.19 Å². The number of nitrogens with one attached hydrogen (secondary N) is 1. The SMILES string of the molecule is O=S(=O)(c1ccc(COc2nc(N3C[C@H]4CC[C@@H](C3)N4)c3cnc(-c4cccc5cccc(Cl)c45)c(F)c3n2)cc1)n1cnc(C2CC2)n1. The molecule has 49 heavy (non-hydrogen) atoms. The zero-order valence-corrected chi connectivity index (χ0v) is 27.7. The summed E-state index contributed by atoms with van der Waals surface area (Å²) in [6.45, 7) is 1.47. The van der Waals surface area contributed by atoms with Crippen molar-refractivity contribution in [3.8, 4) is 17.3 Å². The number of piperazine rings is 1. The van der Waals surface area contributed by atoms with Crippen molar-refractivity contribution >= 4 is 49.1 Å². The van der Waals surface area contributed by atoms with Crippen LogP contribution >= 0.6 is 11.6 Å². The van der Waals surface area contributed by atoms with Gasteiger partial charge in [-0.1, -0.05) is 54.1 Å². The lowest BCUT2D eigenvalue weighted by atomic mass is 10.0. The van der Waals surface area contributed by atoms with Crippen LogP contribution in [0.1, 0.15) is 43.0 Å². The fraction of sp³-hybridized carbons (Fsp3) is 0.286. The second kappa shape index (κ2) is 11.7. The molecule has 2 saturated heterocycles. The van der Waals surface area contributed by atoms with E-state index in [0.717, 1.165) is 35.2 Å². The van der Waals surface area contributed by atoms with Crippen molar-refractivity contribution in [2.75, 3.05) is 18.0 Å². The van der Waals surface area contributed by atoms with E-state index in [9.17, 15) is 8.42 Å². The summed E-state index contributed by atoms with van der Waals surface area (Å²) in [5, 5.41) is 10.4. The number of halogens is 2. The van der Waals surface area contributed by atoms with Gasteiger partial charge in [0.15, 0.2) is 11.6 Å². The van der Waals surface area contributed by atoms with E-state index in [1.54, 1.807) is 30.5 Å². The van der Waals surface area contributed by atoms with Crippen LogP contribution in [0.2, 0.25) is 5.02 Å². The van der Waals surface area contributed by atoms with E-state index in [-0.39, 0.29) is 34.6 Å². The van der Waals surface area contributed by atoms with Gasteiger partial charge < -0.3 is 15.0 Å². The Hall–Kier alpha value is -4.72. The summed E-state index contributed by atoms with van der Waals surface area (Å²) in [7, 11) is -3.89. The Labute approximate surface area is 286 Å². The summed E-state index contributed by atoms with van der Waals surface area (Å²) in [6, 6.07) is 18.1. The summed E-state index contributed by atoms with van der Waals surface area (Å²) in [6.07, 6.45) is 6.96. The van der Waals surface area contributed by atoms with Crippen LogP contribution in [0.25, 0.3) is 32.9 Å². The molecule has 3 aromatic carbocycles. The molecule has 0 unspecified atom stereocenters. The van der Waals surface area contributed by atoms with Crippen LogP contribution in [-0.2, 0) is 16.6 Å². The van der Waals surface area contributed by atoms with Crippen LogP contribution in [0, 0.1) is 5.82 Å². The van der Waals surface area contributed by atoms with E-state index >= 15 is 4.39 Å². The second-order valence-corrected chi connectivity index (χ2v) is 15.1. The largest absolute Gasteiger partial charge is 0.459 e. The van der Waals surface area contributed by atoms with Gasteiger partial charge in [-0.3, -0.25) is 4.98 Å². The summed E-state index contributed by atoms with van der Waals surface area (Å²) in [5.41, 5.74) is 1.48. The van der Waals surface area contributed by atoms with Crippen LogP contribution in [0.15, 0.2) is 78.1 Å². The number of aromatic nitrogens is 6. The minimum Gasteiger partial charge on any atom is -0.459 e. The van der Waals surface area contributed by atoms with Crippen molar-refractivity contribution in [1.82, 2.24) is 34.4 Å². The molecule has 11 nitrogen and oxygen atoms in total. The highest BCUT2D eigenvalue weighted by Gasteiger charge is 2.34. The number of hydrogen-bond donors (Lipinski definition) is 1. The lowest BCUT2D eigenvalue weighted by Gasteiger charge is -2.34. The quantitative estimate of drug-likeness (QED) is 0.207. The third-order valence-corrected chi connectivity index (χ3v) is 11.4. The maximum atomic E-state index is 16.7. The average Bonchev–Trinajstić information content (AvgIpc) is 3.74. The molecule has 1 aliphatic carbocycles. The molecule has 1 saturated carbocycles. The Morgan fingerprint density at radius 2 is 1.69 bits per heavy atom.